The minimum atomic E-state index is -0.892. The Morgan fingerprint density at radius 3 is 2.89 bits per heavy atom. The fourth-order valence-electron chi connectivity index (χ4n) is 2.05. The van der Waals surface area contributed by atoms with Crippen LogP contribution in [0.4, 0.5) is 5.69 Å². The van der Waals surface area contributed by atoms with Crippen LogP contribution < -0.4 is 9.64 Å². The molecule has 0 radical (unpaired) electrons. The smallest absolute Gasteiger partial charge is 0.332 e. The Morgan fingerprint density at radius 2 is 2.26 bits per heavy atom. The highest BCUT2D eigenvalue weighted by molar-refractivity contribution is 5.72. The van der Waals surface area contributed by atoms with E-state index in [1.807, 2.05) is 43.3 Å². The maximum atomic E-state index is 10.8. The topological polar surface area (TPSA) is 59.0 Å². The molecule has 2 rings (SSSR count). The first kappa shape index (κ1) is 13.7. The Morgan fingerprint density at radius 1 is 1.47 bits per heavy atom. The number of hydrogen-bond donors (Lipinski definition) is 1. The molecular formula is C14H19NO4. The average molecular weight is 265 g/mol. The third-order valence-electron chi connectivity index (χ3n) is 3.15. The van der Waals surface area contributed by atoms with Crippen LogP contribution in [0, 0.1) is 0 Å². The van der Waals surface area contributed by atoms with Crippen molar-refractivity contribution in [2.75, 3.05) is 25.6 Å². The zero-order valence-electron chi connectivity index (χ0n) is 11.2. The van der Waals surface area contributed by atoms with E-state index in [2.05, 4.69) is 0 Å². The molecule has 104 valence electrons. The Labute approximate surface area is 112 Å². The van der Waals surface area contributed by atoms with Crippen LogP contribution in [-0.2, 0) is 9.53 Å². The number of nitrogens with zero attached hydrogens (tertiary/aromatic N) is 1. The van der Waals surface area contributed by atoms with Crippen LogP contribution in [0.3, 0.4) is 0 Å². The van der Waals surface area contributed by atoms with Crippen molar-refractivity contribution < 1.29 is 19.4 Å². The summed E-state index contributed by atoms with van der Waals surface area (Å²) in [6, 6.07) is 7.76. The first-order valence-electron chi connectivity index (χ1n) is 6.34. The predicted molar refractivity (Wildman–Crippen MR) is 71.8 cm³/mol. The second-order valence-electron chi connectivity index (χ2n) is 4.87. The number of carbonyl (C=O) groups is 1. The van der Waals surface area contributed by atoms with Crippen molar-refractivity contribution in [2.24, 2.45) is 0 Å². The summed E-state index contributed by atoms with van der Waals surface area (Å²) >= 11 is 0. The third kappa shape index (κ3) is 3.61. The molecule has 0 amide bonds. The number of benzene rings is 1. The summed E-state index contributed by atoms with van der Waals surface area (Å²) in [5.41, 5.74) is 1.06. The van der Waals surface area contributed by atoms with Gasteiger partial charge in [-0.2, -0.15) is 0 Å². The van der Waals surface area contributed by atoms with E-state index in [9.17, 15) is 4.79 Å². The summed E-state index contributed by atoms with van der Waals surface area (Å²) in [6.07, 6.45) is 0.469. The second kappa shape index (κ2) is 5.93. The van der Waals surface area contributed by atoms with Crippen molar-refractivity contribution in [3.05, 3.63) is 24.3 Å². The molecule has 0 aromatic heterocycles. The largest absolute Gasteiger partial charge is 0.491 e. The van der Waals surface area contributed by atoms with E-state index in [4.69, 9.17) is 14.6 Å². The highest BCUT2D eigenvalue weighted by atomic mass is 16.6. The molecule has 1 aliphatic rings. The number of hydrogen-bond acceptors (Lipinski definition) is 4. The van der Waals surface area contributed by atoms with Crippen molar-refractivity contribution in [1.82, 2.24) is 0 Å². The Balaban J connectivity index is 1.86. The number of ether oxygens (including phenoxy) is 2. The fraction of sp³-hybridized carbons (Fsp3) is 0.500. The highest BCUT2D eigenvalue weighted by Crippen LogP contribution is 2.23. The van der Waals surface area contributed by atoms with Crippen LogP contribution in [0.1, 0.15) is 12.8 Å². The van der Waals surface area contributed by atoms with Gasteiger partial charge in [0.2, 0.25) is 0 Å². The molecule has 0 spiro atoms. The molecule has 5 heteroatoms. The van der Waals surface area contributed by atoms with E-state index < -0.39 is 12.1 Å². The molecule has 0 saturated carbocycles. The first-order chi connectivity index (χ1) is 9.06. The van der Waals surface area contributed by atoms with Gasteiger partial charge in [-0.15, -0.1) is 0 Å². The zero-order chi connectivity index (χ0) is 13.8. The highest BCUT2D eigenvalue weighted by Gasteiger charge is 2.30. The van der Waals surface area contributed by atoms with E-state index in [-0.39, 0.29) is 6.10 Å². The van der Waals surface area contributed by atoms with E-state index in [0.717, 1.165) is 17.9 Å². The van der Waals surface area contributed by atoms with E-state index in [1.165, 1.54) is 0 Å². The van der Waals surface area contributed by atoms with Gasteiger partial charge < -0.3 is 19.5 Å². The molecule has 0 aliphatic carbocycles. The minimum Gasteiger partial charge on any atom is -0.491 e. The fourth-order valence-corrected chi connectivity index (χ4v) is 2.05. The normalized spacial score (nSPS) is 22.2. The number of carboxylic acid groups (broad SMARTS) is 1. The second-order valence-corrected chi connectivity index (χ2v) is 4.87. The molecule has 1 N–H and O–H groups in total. The van der Waals surface area contributed by atoms with Gasteiger partial charge in [0.25, 0.3) is 0 Å². The van der Waals surface area contributed by atoms with Gasteiger partial charge in [0.1, 0.15) is 12.4 Å². The lowest BCUT2D eigenvalue weighted by atomic mass is 10.2. The van der Waals surface area contributed by atoms with Gasteiger partial charge in [-0.3, -0.25) is 0 Å². The zero-order valence-corrected chi connectivity index (χ0v) is 11.2. The summed E-state index contributed by atoms with van der Waals surface area (Å²) in [5, 5.41) is 8.84. The minimum absolute atomic E-state index is 0.135. The van der Waals surface area contributed by atoms with Crippen LogP contribution in [0.2, 0.25) is 0 Å². The number of anilines is 1. The van der Waals surface area contributed by atoms with Crippen LogP contribution in [0.15, 0.2) is 24.3 Å². The van der Waals surface area contributed by atoms with Crippen molar-refractivity contribution in [1.29, 1.82) is 0 Å². The Bertz CT molecular complexity index is 447. The monoisotopic (exact) mass is 265 g/mol. The van der Waals surface area contributed by atoms with E-state index in [1.54, 1.807) is 0 Å². The van der Waals surface area contributed by atoms with Gasteiger partial charge in [0, 0.05) is 25.8 Å². The summed E-state index contributed by atoms with van der Waals surface area (Å²) in [4.78, 5) is 12.8. The lowest BCUT2D eigenvalue weighted by Gasteiger charge is -2.16. The van der Waals surface area contributed by atoms with E-state index in [0.29, 0.717) is 13.0 Å². The quantitative estimate of drug-likeness (QED) is 0.879. The van der Waals surface area contributed by atoms with Crippen molar-refractivity contribution in [3.8, 4) is 5.75 Å². The van der Waals surface area contributed by atoms with Gasteiger partial charge in [-0.05, 0) is 25.0 Å². The predicted octanol–water partition coefficient (Wildman–Crippen LogP) is 1.76. The molecule has 0 bridgehead atoms. The van der Waals surface area contributed by atoms with Crippen LogP contribution >= 0.6 is 0 Å². The molecule has 1 fully saturated rings. The van der Waals surface area contributed by atoms with Gasteiger partial charge in [-0.1, -0.05) is 6.07 Å². The number of carboxylic acids is 1. The van der Waals surface area contributed by atoms with Gasteiger partial charge in [0.05, 0.1) is 6.10 Å². The Kier molecular flexibility index (Phi) is 4.27. The molecule has 1 aromatic carbocycles. The van der Waals surface area contributed by atoms with Crippen LogP contribution in [-0.4, -0.2) is 44.0 Å². The summed E-state index contributed by atoms with van der Waals surface area (Å²) in [6.45, 7) is 0.390. The van der Waals surface area contributed by atoms with Gasteiger partial charge >= 0.3 is 5.97 Å². The molecule has 1 heterocycles. The Hall–Kier alpha value is -1.75. The molecule has 1 saturated heterocycles. The number of rotatable bonds is 5. The van der Waals surface area contributed by atoms with Crippen molar-refractivity contribution in [2.45, 2.75) is 25.0 Å². The molecular weight excluding hydrogens is 246 g/mol. The molecule has 1 aromatic rings. The summed E-state index contributed by atoms with van der Waals surface area (Å²) in [5.74, 6) is -0.120. The van der Waals surface area contributed by atoms with Gasteiger partial charge in [0.15, 0.2) is 6.10 Å². The molecule has 5 nitrogen and oxygen atoms in total. The standard InChI is InChI=1S/C14H19NO4/c1-15(2)10-4-3-5-11(8-10)18-9-12-6-7-13(19-12)14(16)17/h3-5,8,12-13H,6-7,9H2,1-2H3,(H,16,17). The summed E-state index contributed by atoms with van der Waals surface area (Å²) in [7, 11) is 3.94. The SMILES string of the molecule is CN(C)c1cccc(OCC2CCC(C(=O)O)O2)c1. The van der Waals surface area contributed by atoms with Crippen LogP contribution in [0.25, 0.3) is 0 Å². The van der Waals surface area contributed by atoms with Gasteiger partial charge in [-0.25, -0.2) is 4.79 Å². The molecule has 2 atom stereocenters. The van der Waals surface area contributed by atoms with E-state index >= 15 is 0 Å². The number of aliphatic carboxylic acids is 1. The molecule has 19 heavy (non-hydrogen) atoms. The maximum Gasteiger partial charge on any atom is 0.332 e. The summed E-state index contributed by atoms with van der Waals surface area (Å²) < 4.78 is 11.1. The molecule has 2 unspecified atom stereocenters. The average Bonchev–Trinajstić information content (AvgIpc) is 2.85. The first-order valence-corrected chi connectivity index (χ1v) is 6.34. The van der Waals surface area contributed by atoms with Crippen LogP contribution in [0.5, 0.6) is 5.75 Å². The lowest BCUT2D eigenvalue weighted by Crippen LogP contribution is -2.23. The third-order valence-corrected chi connectivity index (χ3v) is 3.15. The van der Waals surface area contributed by atoms with Crippen molar-refractivity contribution in [3.63, 3.8) is 0 Å². The lowest BCUT2D eigenvalue weighted by molar-refractivity contribution is -0.149. The maximum absolute atomic E-state index is 10.8. The molecule has 1 aliphatic heterocycles. The van der Waals surface area contributed by atoms with Crippen molar-refractivity contribution >= 4 is 11.7 Å².